The molecule has 4 nitrogen and oxygen atoms in total. The van der Waals surface area contributed by atoms with E-state index in [1.807, 2.05) is 30.5 Å². The van der Waals surface area contributed by atoms with Gasteiger partial charge in [0.25, 0.3) is 0 Å². The second kappa shape index (κ2) is 7.33. The number of hydrogen-bond acceptors (Lipinski definition) is 3. The highest BCUT2D eigenvalue weighted by Crippen LogP contribution is 2.47. The van der Waals surface area contributed by atoms with Crippen molar-refractivity contribution in [2.24, 2.45) is 11.8 Å². The van der Waals surface area contributed by atoms with Crippen LogP contribution in [0.3, 0.4) is 0 Å². The molecule has 0 spiro atoms. The molecule has 26 heavy (non-hydrogen) atoms. The first kappa shape index (κ1) is 17.4. The van der Waals surface area contributed by atoms with Gasteiger partial charge < -0.3 is 5.32 Å². The Morgan fingerprint density at radius 3 is 2.85 bits per heavy atom. The second-order valence-corrected chi connectivity index (χ2v) is 8.22. The van der Waals surface area contributed by atoms with Gasteiger partial charge in [-0.15, -0.1) is 0 Å². The topological polar surface area (TPSA) is 57.8 Å². The Kier molecular flexibility index (Phi) is 4.92. The fourth-order valence-corrected chi connectivity index (χ4v) is 4.49. The lowest BCUT2D eigenvalue weighted by atomic mass is 9.92. The summed E-state index contributed by atoms with van der Waals surface area (Å²) < 4.78 is 0. The summed E-state index contributed by atoms with van der Waals surface area (Å²) in [5.74, 6) is 0.974. The van der Waals surface area contributed by atoms with Gasteiger partial charge in [0.05, 0.1) is 16.8 Å². The molecule has 2 aromatic rings. The van der Waals surface area contributed by atoms with Gasteiger partial charge in [0.15, 0.2) is 0 Å². The van der Waals surface area contributed by atoms with Crippen LogP contribution in [-0.4, -0.2) is 23.2 Å². The van der Waals surface area contributed by atoms with Gasteiger partial charge in [0, 0.05) is 28.8 Å². The van der Waals surface area contributed by atoms with E-state index in [0.29, 0.717) is 5.92 Å². The molecule has 1 aromatic heterocycles. The minimum atomic E-state index is 0.149. The van der Waals surface area contributed by atoms with Crippen LogP contribution in [0.2, 0.25) is 5.02 Å². The highest BCUT2D eigenvalue weighted by Gasteiger charge is 2.44. The summed E-state index contributed by atoms with van der Waals surface area (Å²) in [5.41, 5.74) is 2.43. The molecule has 2 aliphatic carbocycles. The number of amides is 1. The van der Waals surface area contributed by atoms with Crippen LogP contribution in [0.4, 0.5) is 0 Å². The summed E-state index contributed by atoms with van der Waals surface area (Å²) in [5, 5.41) is 10.9. The molecule has 134 valence electrons. The van der Waals surface area contributed by atoms with E-state index in [1.54, 1.807) is 18.8 Å². The maximum Gasteiger partial charge on any atom is 0.223 e. The Morgan fingerprint density at radius 1 is 1.35 bits per heavy atom. The number of halogens is 1. The van der Waals surface area contributed by atoms with E-state index in [9.17, 15) is 4.79 Å². The van der Waals surface area contributed by atoms with Gasteiger partial charge in [-0.05, 0) is 48.6 Å². The number of rotatable bonds is 5. The normalized spacial score (nSPS) is 24.2. The number of hydrogen-bond donors (Lipinski definition) is 2. The van der Waals surface area contributed by atoms with Crippen molar-refractivity contribution >= 4 is 29.3 Å². The first-order chi connectivity index (χ1) is 12.7. The molecular formula is C20H20ClN3OS. The van der Waals surface area contributed by atoms with Crippen LogP contribution in [0.15, 0.2) is 64.1 Å². The number of allylic oxidation sites excluding steroid dienone is 4. The maximum atomic E-state index is 11.7. The van der Waals surface area contributed by atoms with Crippen molar-refractivity contribution in [1.82, 2.24) is 15.5 Å². The van der Waals surface area contributed by atoms with Gasteiger partial charge in [-0.2, -0.15) is 5.10 Å². The van der Waals surface area contributed by atoms with Gasteiger partial charge in [0.1, 0.15) is 0 Å². The van der Waals surface area contributed by atoms with E-state index < -0.39 is 0 Å². The summed E-state index contributed by atoms with van der Waals surface area (Å²) in [6, 6.07) is 7.84. The third-order valence-corrected chi connectivity index (χ3v) is 6.28. The number of H-pyrrole nitrogens is 1. The van der Waals surface area contributed by atoms with Gasteiger partial charge in [0.2, 0.25) is 5.91 Å². The maximum absolute atomic E-state index is 11.7. The number of nitrogens with one attached hydrogen (secondary N) is 2. The molecule has 4 rings (SSSR count). The van der Waals surface area contributed by atoms with Crippen molar-refractivity contribution in [2.75, 3.05) is 7.05 Å². The molecule has 2 N–H and O–H groups in total. The Labute approximate surface area is 162 Å². The van der Waals surface area contributed by atoms with E-state index in [2.05, 4.69) is 33.7 Å². The molecule has 2 aliphatic rings. The average Bonchev–Trinajstić information content (AvgIpc) is 3.35. The lowest BCUT2D eigenvalue weighted by Gasteiger charge is -2.16. The smallest absolute Gasteiger partial charge is 0.223 e. The molecule has 0 bridgehead atoms. The zero-order valence-corrected chi connectivity index (χ0v) is 16.0. The number of carbonyl (C=O) groups excluding carboxylic acids is 1. The molecule has 0 saturated heterocycles. The molecular weight excluding hydrogens is 366 g/mol. The first-order valence-electron chi connectivity index (χ1n) is 8.72. The van der Waals surface area contributed by atoms with Crippen LogP contribution >= 0.6 is 23.4 Å². The monoisotopic (exact) mass is 385 g/mol. The molecule has 6 heteroatoms. The first-order valence-corrected chi connectivity index (χ1v) is 9.91. The second-order valence-electron chi connectivity index (χ2n) is 6.67. The third-order valence-electron chi connectivity index (χ3n) is 4.97. The highest BCUT2D eigenvalue weighted by molar-refractivity contribution is 7.99. The summed E-state index contributed by atoms with van der Waals surface area (Å²) >= 11 is 7.65. The molecule has 1 fully saturated rings. The number of carbonyl (C=O) groups is 1. The van der Waals surface area contributed by atoms with Gasteiger partial charge in [-0.25, -0.2) is 0 Å². The van der Waals surface area contributed by atoms with E-state index in [-0.39, 0.29) is 17.7 Å². The zero-order chi connectivity index (χ0) is 18.1. The summed E-state index contributed by atoms with van der Waals surface area (Å²) in [6.45, 7) is 0. The summed E-state index contributed by atoms with van der Waals surface area (Å²) in [4.78, 5) is 14.0. The molecule has 3 unspecified atom stereocenters. The van der Waals surface area contributed by atoms with Crippen molar-refractivity contribution < 1.29 is 4.79 Å². The summed E-state index contributed by atoms with van der Waals surface area (Å²) in [6.07, 6.45) is 10.5. The van der Waals surface area contributed by atoms with Crippen molar-refractivity contribution in [2.45, 2.75) is 28.6 Å². The fraction of sp³-hybridized carbons (Fsp3) is 0.300. The zero-order valence-electron chi connectivity index (χ0n) is 14.4. The molecule has 0 radical (unpaired) electrons. The lowest BCUT2D eigenvalue weighted by Crippen LogP contribution is -2.20. The van der Waals surface area contributed by atoms with Crippen molar-refractivity contribution in [3.63, 3.8) is 0 Å². The van der Waals surface area contributed by atoms with Gasteiger partial charge >= 0.3 is 0 Å². The van der Waals surface area contributed by atoms with E-state index in [1.165, 1.54) is 5.57 Å². The molecule has 0 aliphatic heterocycles. The highest BCUT2D eigenvalue weighted by atomic mass is 35.5. The third kappa shape index (κ3) is 3.60. The lowest BCUT2D eigenvalue weighted by molar-refractivity contribution is -0.122. The van der Waals surface area contributed by atoms with Gasteiger partial charge in [-0.3, -0.25) is 9.89 Å². The van der Waals surface area contributed by atoms with E-state index in [4.69, 9.17) is 11.6 Å². The Balaban J connectivity index is 1.43. The number of aromatic amines is 1. The quantitative estimate of drug-likeness (QED) is 0.792. The summed E-state index contributed by atoms with van der Waals surface area (Å²) in [7, 11) is 1.71. The number of nitrogens with zero attached hydrogens (tertiary/aromatic N) is 1. The Bertz CT molecular complexity index is 871. The average molecular weight is 386 g/mol. The minimum Gasteiger partial charge on any atom is -0.359 e. The number of aromatic nitrogens is 2. The molecule has 1 saturated carbocycles. The SMILES string of the molecule is CNC(=O)C1CC1C1=CCC(c2[nH]ncc2Sc2ccc(Cl)cc2)C=C1. The molecule has 1 amide bonds. The number of benzene rings is 1. The predicted molar refractivity (Wildman–Crippen MR) is 104 cm³/mol. The van der Waals surface area contributed by atoms with Crippen LogP contribution in [-0.2, 0) is 4.79 Å². The fourth-order valence-electron chi connectivity index (χ4n) is 3.43. The predicted octanol–water partition coefficient (Wildman–Crippen LogP) is 4.57. The van der Waals surface area contributed by atoms with Crippen LogP contribution < -0.4 is 5.32 Å². The largest absolute Gasteiger partial charge is 0.359 e. The Hall–Kier alpha value is -1.98. The standard InChI is InChI=1S/C20H20ClN3OS/c1-22-20(25)17-10-16(17)12-2-4-13(5-3-12)19-18(11-23-24-19)26-15-8-6-14(21)7-9-15/h2-4,6-9,11,13,16-17H,5,10H2,1H3,(H,22,25)(H,23,24). The van der Waals surface area contributed by atoms with Crippen LogP contribution in [0.5, 0.6) is 0 Å². The van der Waals surface area contributed by atoms with Crippen molar-refractivity contribution in [3.8, 4) is 0 Å². The van der Waals surface area contributed by atoms with Crippen molar-refractivity contribution in [1.29, 1.82) is 0 Å². The van der Waals surface area contributed by atoms with Crippen LogP contribution in [0.1, 0.15) is 24.5 Å². The minimum absolute atomic E-state index is 0.149. The molecule has 1 heterocycles. The van der Waals surface area contributed by atoms with Gasteiger partial charge in [-0.1, -0.05) is 41.6 Å². The molecule has 1 aromatic carbocycles. The van der Waals surface area contributed by atoms with Crippen LogP contribution in [0.25, 0.3) is 0 Å². The Morgan fingerprint density at radius 2 is 2.15 bits per heavy atom. The van der Waals surface area contributed by atoms with Crippen molar-refractivity contribution in [3.05, 3.63) is 65.0 Å². The van der Waals surface area contributed by atoms with E-state index >= 15 is 0 Å². The van der Waals surface area contributed by atoms with E-state index in [0.717, 1.165) is 33.3 Å². The molecule has 3 atom stereocenters. The van der Waals surface area contributed by atoms with Crippen LogP contribution in [0, 0.1) is 11.8 Å².